The molecule has 76 heavy (non-hydrogen) atoms. The lowest BCUT2D eigenvalue weighted by Crippen LogP contribution is -2.10. The zero-order valence-electron chi connectivity index (χ0n) is 41.8. The van der Waals surface area contributed by atoms with Gasteiger partial charge in [0.15, 0.2) is 0 Å². The lowest BCUT2D eigenvalue weighted by Gasteiger charge is -2.26. The van der Waals surface area contributed by atoms with Crippen LogP contribution < -0.4 is 4.90 Å². The average molecular weight is 967 g/mol. The number of anilines is 3. The maximum atomic E-state index is 2.43. The summed E-state index contributed by atoms with van der Waals surface area (Å²) in [7, 11) is 0. The molecule has 0 N–H and O–H groups in total. The van der Waals surface area contributed by atoms with Crippen LogP contribution in [0.1, 0.15) is 0 Å². The standard InChI is InChI=1S/C74H50N2/c1-4-17-51(18-5-1)61-45-62(52-19-6-2-7-20-52)47-63(46-61)55-39-43-66(44-40-55)75(65-41-37-54(38-42-65)53-33-35-57(36-34-53)69-30-15-24-56-21-12-13-29-68(56)69)67-28-14-25-60(48-67)70-31-16-32-72-74(70)71-49-58-22-10-11-23-59(58)50-73(71)76(72)64-26-8-3-9-27-64/h1-50H. The van der Waals surface area contributed by atoms with Crippen LogP contribution in [0.2, 0.25) is 0 Å². The Hall–Kier alpha value is -10.0. The molecule has 0 aliphatic carbocycles. The van der Waals surface area contributed by atoms with Crippen molar-refractivity contribution >= 4 is 60.4 Å². The summed E-state index contributed by atoms with van der Waals surface area (Å²) >= 11 is 0. The Labute approximate surface area is 443 Å². The van der Waals surface area contributed by atoms with Crippen molar-refractivity contribution in [1.82, 2.24) is 4.57 Å². The van der Waals surface area contributed by atoms with Gasteiger partial charge in [-0.3, -0.25) is 0 Å². The van der Waals surface area contributed by atoms with Crippen LogP contribution in [0.15, 0.2) is 303 Å². The van der Waals surface area contributed by atoms with E-state index in [-0.39, 0.29) is 0 Å². The predicted molar refractivity (Wildman–Crippen MR) is 323 cm³/mol. The molecule has 0 aliphatic rings. The van der Waals surface area contributed by atoms with Crippen LogP contribution in [0.5, 0.6) is 0 Å². The van der Waals surface area contributed by atoms with Gasteiger partial charge in [0, 0.05) is 33.5 Å². The second-order valence-electron chi connectivity index (χ2n) is 19.7. The molecule has 0 saturated heterocycles. The van der Waals surface area contributed by atoms with Crippen molar-refractivity contribution < 1.29 is 0 Å². The summed E-state index contributed by atoms with van der Waals surface area (Å²) in [6, 6.07) is 111. The van der Waals surface area contributed by atoms with Gasteiger partial charge >= 0.3 is 0 Å². The molecule has 13 aromatic carbocycles. The average Bonchev–Trinajstić information content (AvgIpc) is 3.89. The summed E-state index contributed by atoms with van der Waals surface area (Å²) in [5.41, 5.74) is 21.0. The predicted octanol–water partition coefficient (Wildman–Crippen LogP) is 20.6. The Balaban J connectivity index is 0.889. The zero-order valence-corrected chi connectivity index (χ0v) is 41.8. The minimum absolute atomic E-state index is 1.07. The van der Waals surface area contributed by atoms with Crippen molar-refractivity contribution in [3.63, 3.8) is 0 Å². The highest BCUT2D eigenvalue weighted by Gasteiger charge is 2.20. The molecular formula is C74H50N2. The highest BCUT2D eigenvalue weighted by Crippen LogP contribution is 2.44. The Morgan fingerprint density at radius 2 is 0.671 bits per heavy atom. The van der Waals surface area contributed by atoms with Crippen molar-refractivity contribution in [3.8, 4) is 72.4 Å². The summed E-state index contributed by atoms with van der Waals surface area (Å²) in [5.74, 6) is 0. The number of fused-ring (bicyclic) bond motifs is 5. The Kier molecular flexibility index (Phi) is 11.2. The number of aromatic nitrogens is 1. The van der Waals surface area contributed by atoms with Gasteiger partial charge in [0.1, 0.15) is 0 Å². The van der Waals surface area contributed by atoms with E-state index in [9.17, 15) is 0 Å². The first-order valence-electron chi connectivity index (χ1n) is 26.1. The molecule has 0 unspecified atom stereocenters. The minimum atomic E-state index is 1.07. The maximum Gasteiger partial charge on any atom is 0.0547 e. The minimum Gasteiger partial charge on any atom is -0.310 e. The summed E-state index contributed by atoms with van der Waals surface area (Å²) < 4.78 is 2.43. The molecule has 0 bridgehead atoms. The van der Waals surface area contributed by atoms with Crippen LogP contribution in [-0.4, -0.2) is 4.57 Å². The van der Waals surface area contributed by atoms with E-state index < -0.39 is 0 Å². The Bertz CT molecular complexity index is 4340. The molecular weight excluding hydrogens is 917 g/mol. The van der Waals surface area contributed by atoms with Crippen molar-refractivity contribution in [2.45, 2.75) is 0 Å². The molecule has 1 aromatic heterocycles. The second-order valence-corrected chi connectivity index (χ2v) is 19.7. The third kappa shape index (κ3) is 8.19. The number of hydrogen-bond acceptors (Lipinski definition) is 1. The smallest absolute Gasteiger partial charge is 0.0547 e. The van der Waals surface area contributed by atoms with Gasteiger partial charge in [-0.25, -0.2) is 0 Å². The fourth-order valence-electron chi connectivity index (χ4n) is 11.4. The summed E-state index contributed by atoms with van der Waals surface area (Å²) in [4.78, 5) is 2.40. The number of benzene rings is 13. The van der Waals surface area contributed by atoms with Gasteiger partial charge in [-0.1, -0.05) is 218 Å². The first-order chi connectivity index (χ1) is 37.7. The maximum absolute atomic E-state index is 2.43. The molecule has 14 rings (SSSR count). The van der Waals surface area contributed by atoms with E-state index in [2.05, 4.69) is 313 Å². The van der Waals surface area contributed by atoms with Gasteiger partial charge in [-0.05, 0) is 173 Å². The highest BCUT2D eigenvalue weighted by atomic mass is 15.1. The van der Waals surface area contributed by atoms with E-state index >= 15 is 0 Å². The molecule has 2 nitrogen and oxygen atoms in total. The number of nitrogens with zero attached hydrogens (tertiary/aromatic N) is 2. The molecule has 0 saturated carbocycles. The largest absolute Gasteiger partial charge is 0.310 e. The van der Waals surface area contributed by atoms with Gasteiger partial charge in [0.25, 0.3) is 0 Å². The Morgan fingerprint density at radius 3 is 1.30 bits per heavy atom. The number of hydrogen-bond donors (Lipinski definition) is 0. The molecule has 14 aromatic rings. The third-order valence-corrected chi connectivity index (χ3v) is 15.1. The van der Waals surface area contributed by atoms with Crippen LogP contribution in [0.4, 0.5) is 17.1 Å². The molecule has 0 radical (unpaired) electrons. The Morgan fingerprint density at radius 1 is 0.224 bits per heavy atom. The normalized spacial score (nSPS) is 11.4. The van der Waals surface area contributed by atoms with E-state index in [1.54, 1.807) is 0 Å². The van der Waals surface area contributed by atoms with Crippen molar-refractivity contribution in [1.29, 1.82) is 0 Å². The third-order valence-electron chi connectivity index (χ3n) is 15.1. The fourth-order valence-corrected chi connectivity index (χ4v) is 11.4. The molecule has 1 heterocycles. The van der Waals surface area contributed by atoms with Crippen LogP contribution >= 0.6 is 0 Å². The van der Waals surface area contributed by atoms with Crippen LogP contribution in [0, 0.1) is 0 Å². The molecule has 0 amide bonds. The summed E-state index contributed by atoms with van der Waals surface area (Å²) in [6.07, 6.45) is 0. The zero-order chi connectivity index (χ0) is 50.4. The SMILES string of the molecule is c1ccc(-c2cc(-c3ccccc3)cc(-c3ccc(N(c4ccc(-c5ccc(-c6cccc7ccccc67)cc5)cc4)c4cccc(-c5cccc6c5c5cc7ccccc7cc5n6-c5ccccc5)c4)cc3)c2)cc1. The summed E-state index contributed by atoms with van der Waals surface area (Å²) in [5, 5.41) is 7.45. The van der Waals surface area contributed by atoms with E-state index in [4.69, 9.17) is 0 Å². The van der Waals surface area contributed by atoms with Crippen LogP contribution in [-0.2, 0) is 0 Å². The van der Waals surface area contributed by atoms with Gasteiger partial charge < -0.3 is 9.47 Å². The number of rotatable bonds is 10. The monoisotopic (exact) mass is 966 g/mol. The van der Waals surface area contributed by atoms with E-state index in [0.717, 1.165) is 33.9 Å². The van der Waals surface area contributed by atoms with Gasteiger partial charge in [0.05, 0.1) is 11.0 Å². The topological polar surface area (TPSA) is 8.17 Å². The highest BCUT2D eigenvalue weighted by molar-refractivity contribution is 6.19. The lowest BCUT2D eigenvalue weighted by atomic mass is 9.93. The molecule has 0 fully saturated rings. The first-order valence-corrected chi connectivity index (χ1v) is 26.1. The first kappa shape index (κ1) is 44.7. The number of para-hydroxylation sites is 1. The molecule has 356 valence electrons. The van der Waals surface area contributed by atoms with Crippen LogP contribution in [0.3, 0.4) is 0 Å². The molecule has 0 atom stereocenters. The van der Waals surface area contributed by atoms with Crippen LogP contribution in [0.25, 0.3) is 116 Å². The van der Waals surface area contributed by atoms with Gasteiger partial charge in [-0.2, -0.15) is 0 Å². The van der Waals surface area contributed by atoms with Crippen molar-refractivity contribution in [2.75, 3.05) is 4.90 Å². The van der Waals surface area contributed by atoms with E-state index in [0.29, 0.717) is 0 Å². The quantitative estimate of drug-likeness (QED) is 0.133. The van der Waals surface area contributed by atoms with E-state index in [1.165, 1.54) is 99.0 Å². The summed E-state index contributed by atoms with van der Waals surface area (Å²) in [6.45, 7) is 0. The molecule has 0 aliphatic heterocycles. The van der Waals surface area contributed by atoms with Crippen molar-refractivity contribution in [3.05, 3.63) is 303 Å². The molecule has 2 heteroatoms. The molecule has 0 spiro atoms. The lowest BCUT2D eigenvalue weighted by molar-refractivity contribution is 1.18. The van der Waals surface area contributed by atoms with E-state index in [1.807, 2.05) is 0 Å². The van der Waals surface area contributed by atoms with Gasteiger partial charge in [-0.15, -0.1) is 0 Å². The fraction of sp³-hybridized carbons (Fsp3) is 0. The second kappa shape index (κ2) is 19.1. The van der Waals surface area contributed by atoms with Gasteiger partial charge in [0.2, 0.25) is 0 Å². The van der Waals surface area contributed by atoms with Crippen molar-refractivity contribution in [2.24, 2.45) is 0 Å².